The van der Waals surface area contributed by atoms with E-state index in [0.29, 0.717) is 0 Å². The van der Waals surface area contributed by atoms with Gasteiger partial charge in [0.25, 0.3) is 17.6 Å². The van der Waals surface area contributed by atoms with Crippen molar-refractivity contribution in [1.82, 2.24) is 15.2 Å². The number of Topliss-reactive ketones (excluding diaryl/α,β-unsaturated/α-hetero) is 1. The van der Waals surface area contributed by atoms with Crippen molar-refractivity contribution in [2.24, 2.45) is 0 Å². The molecule has 1 saturated heterocycles. The maximum Gasteiger partial charge on any atom is 0.334 e. The summed E-state index contributed by atoms with van der Waals surface area (Å²) < 4.78 is 0. The van der Waals surface area contributed by atoms with E-state index >= 15 is 0 Å². The molecule has 0 spiro atoms. The number of hydrogen-bond acceptors (Lipinski definition) is 8. The number of nitrogens with two attached hydrogens (primary N) is 1. The van der Waals surface area contributed by atoms with Gasteiger partial charge in [0.15, 0.2) is 5.13 Å². The van der Waals surface area contributed by atoms with E-state index in [1.165, 1.54) is 28.2 Å². The fraction of sp³-hybridized carbons (Fsp3) is 0.308. The molecule has 4 N–H and O–H groups in total. The minimum absolute atomic E-state index is 0. The molecule has 134 valence electrons. The third kappa shape index (κ3) is 3.34. The second kappa shape index (κ2) is 7.02. The van der Waals surface area contributed by atoms with Crippen LogP contribution in [0.25, 0.3) is 0 Å². The Kier molecular flexibility index (Phi) is 5.40. The molecule has 2 aliphatic heterocycles. The molecule has 0 bridgehead atoms. The van der Waals surface area contributed by atoms with Gasteiger partial charge in [-0.1, -0.05) is 0 Å². The summed E-state index contributed by atoms with van der Waals surface area (Å²) in [4.78, 5) is 52.1. The molecule has 0 aliphatic carbocycles. The van der Waals surface area contributed by atoms with Crippen LogP contribution >= 0.6 is 35.5 Å². The second-order valence-corrected chi connectivity index (χ2v) is 7.51. The molecule has 1 aromatic heterocycles. The van der Waals surface area contributed by atoms with Crippen molar-refractivity contribution >= 4 is 64.2 Å². The van der Waals surface area contributed by atoms with Crippen LogP contribution in [0, 0.1) is 0 Å². The average molecular weight is 405 g/mol. The Morgan fingerprint density at radius 1 is 1.40 bits per heavy atom. The summed E-state index contributed by atoms with van der Waals surface area (Å²) in [5, 5.41) is 12.2. The maximum atomic E-state index is 12.1. The normalized spacial score (nSPS) is 24.4. The van der Waals surface area contributed by atoms with Crippen LogP contribution in [0.4, 0.5) is 5.13 Å². The Balaban J connectivity index is 0.00000225. The number of nitrogens with one attached hydrogen (secondary N) is 1. The number of nitrogen functional groups attached to an aromatic ring is 1. The van der Waals surface area contributed by atoms with Crippen LogP contribution in [0.2, 0.25) is 0 Å². The van der Waals surface area contributed by atoms with E-state index in [9.17, 15) is 19.2 Å². The Hall–Kier alpha value is -2.11. The number of amides is 2. The van der Waals surface area contributed by atoms with E-state index in [4.69, 9.17) is 10.8 Å². The van der Waals surface area contributed by atoms with E-state index < -0.39 is 35.0 Å². The van der Waals surface area contributed by atoms with E-state index in [1.54, 1.807) is 6.92 Å². The van der Waals surface area contributed by atoms with E-state index in [2.05, 4.69) is 10.3 Å². The highest BCUT2D eigenvalue weighted by Gasteiger charge is 2.52. The second-order valence-electron chi connectivity index (χ2n) is 5.16. The van der Waals surface area contributed by atoms with Crippen molar-refractivity contribution in [1.29, 1.82) is 0 Å². The van der Waals surface area contributed by atoms with Crippen molar-refractivity contribution in [2.45, 2.75) is 23.6 Å². The molecule has 25 heavy (non-hydrogen) atoms. The number of carboxylic acids is 1. The summed E-state index contributed by atoms with van der Waals surface area (Å²) >= 11 is 2.27. The number of nitrogens with zero attached hydrogens (tertiary/aromatic N) is 2. The number of carboxylic acid groups (broad SMARTS) is 1. The average Bonchev–Trinajstić information content (AvgIpc) is 2.97. The Morgan fingerprint density at radius 2 is 2.08 bits per heavy atom. The maximum absolute atomic E-state index is 12.1. The molecule has 12 heteroatoms. The monoisotopic (exact) mass is 404 g/mol. The molecular formula is C13H13ClN4O5S2. The number of β-lactam (4-membered cyclic amide) rings is 1. The lowest BCUT2D eigenvalue weighted by atomic mass is 10.1. The van der Waals surface area contributed by atoms with Crippen LogP contribution in [0.3, 0.4) is 0 Å². The Labute approximate surface area is 156 Å². The quantitative estimate of drug-likeness (QED) is 0.364. The number of carbonyl (C=O) groups excluding carboxylic acids is 3. The predicted octanol–water partition coefficient (Wildman–Crippen LogP) is 0.0867. The van der Waals surface area contributed by atoms with Crippen LogP contribution in [0.1, 0.15) is 17.4 Å². The number of aromatic nitrogens is 1. The lowest BCUT2D eigenvalue weighted by molar-refractivity contribution is -0.144. The zero-order valence-corrected chi connectivity index (χ0v) is 15.1. The number of halogens is 1. The molecule has 0 saturated carbocycles. The highest BCUT2D eigenvalue weighted by molar-refractivity contribution is 8.00. The van der Waals surface area contributed by atoms with Crippen LogP contribution < -0.4 is 11.1 Å². The number of carbonyl (C=O) groups is 4. The molecule has 2 unspecified atom stereocenters. The molecule has 1 aromatic rings. The van der Waals surface area contributed by atoms with Crippen LogP contribution in [-0.4, -0.2) is 55.2 Å². The van der Waals surface area contributed by atoms with Gasteiger partial charge in [-0.2, -0.15) is 0 Å². The molecule has 0 aromatic carbocycles. The largest absolute Gasteiger partial charge is 0.478 e. The first-order chi connectivity index (χ1) is 11.3. The van der Waals surface area contributed by atoms with Gasteiger partial charge in [0.1, 0.15) is 17.1 Å². The number of ketones is 1. The molecule has 3 heterocycles. The van der Waals surface area contributed by atoms with Gasteiger partial charge in [0.05, 0.1) is 5.57 Å². The minimum atomic E-state index is -1.09. The Morgan fingerprint density at radius 3 is 2.64 bits per heavy atom. The lowest BCUT2D eigenvalue weighted by Crippen LogP contribution is -2.69. The first-order valence-electron chi connectivity index (χ1n) is 6.78. The number of anilines is 1. The summed E-state index contributed by atoms with van der Waals surface area (Å²) in [6.45, 7) is 1.70. The third-order valence-electron chi connectivity index (χ3n) is 3.63. The van der Waals surface area contributed by atoms with Crippen molar-refractivity contribution in [2.75, 3.05) is 5.73 Å². The van der Waals surface area contributed by atoms with Crippen molar-refractivity contribution < 1.29 is 24.3 Å². The van der Waals surface area contributed by atoms with E-state index in [0.717, 1.165) is 11.3 Å². The first kappa shape index (κ1) is 19.2. The molecular weight excluding hydrogens is 392 g/mol. The van der Waals surface area contributed by atoms with Gasteiger partial charge in [0, 0.05) is 16.8 Å². The summed E-state index contributed by atoms with van der Waals surface area (Å²) in [5.74, 6) is -3.37. The number of fused-ring (bicyclic) bond motifs is 1. The topological polar surface area (TPSA) is 143 Å². The minimum Gasteiger partial charge on any atom is -0.478 e. The van der Waals surface area contributed by atoms with Crippen molar-refractivity contribution in [3.8, 4) is 0 Å². The fourth-order valence-corrected chi connectivity index (χ4v) is 4.29. The van der Waals surface area contributed by atoms with E-state index in [-0.39, 0.29) is 34.1 Å². The van der Waals surface area contributed by atoms with Crippen LogP contribution in [-0.2, 0) is 14.4 Å². The van der Waals surface area contributed by atoms with Gasteiger partial charge in [-0.15, -0.1) is 35.5 Å². The predicted molar refractivity (Wildman–Crippen MR) is 93.4 cm³/mol. The van der Waals surface area contributed by atoms with Gasteiger partial charge in [-0.25, -0.2) is 9.78 Å². The molecule has 2 amide bonds. The molecule has 3 rings (SSSR count). The van der Waals surface area contributed by atoms with Gasteiger partial charge >= 0.3 is 5.97 Å². The van der Waals surface area contributed by atoms with Crippen LogP contribution in [0.15, 0.2) is 17.2 Å². The standard InChI is InChI=1S/C13H12N4O5S2.ClH/c1-4-5(12(21)22)2-17-10(20)7(11(17)24-4)16-9(19)8(18)6-3-23-13(14)15-6;/h2-4,7,11H,1H3,(H2,14,15)(H,16,19)(H,21,22);1H/t4?,7?,11-;/m1./s1. The number of thioether (sulfide) groups is 1. The summed E-state index contributed by atoms with van der Waals surface area (Å²) in [7, 11) is 0. The molecule has 1 fully saturated rings. The van der Waals surface area contributed by atoms with Gasteiger partial charge < -0.3 is 21.1 Å². The van der Waals surface area contributed by atoms with Crippen molar-refractivity contribution in [3.05, 3.63) is 22.8 Å². The number of hydrogen-bond donors (Lipinski definition) is 3. The highest BCUT2D eigenvalue weighted by atomic mass is 35.5. The van der Waals surface area contributed by atoms with Gasteiger partial charge in [-0.05, 0) is 6.92 Å². The summed E-state index contributed by atoms with van der Waals surface area (Å²) in [6, 6.07) is -0.878. The zero-order chi connectivity index (χ0) is 17.6. The van der Waals surface area contributed by atoms with Gasteiger partial charge in [-0.3, -0.25) is 14.4 Å². The fourth-order valence-electron chi connectivity index (χ4n) is 2.38. The molecule has 0 radical (unpaired) electrons. The highest BCUT2D eigenvalue weighted by Crippen LogP contribution is 2.40. The number of thiazole rings is 1. The van der Waals surface area contributed by atoms with Crippen molar-refractivity contribution in [3.63, 3.8) is 0 Å². The third-order valence-corrected chi connectivity index (χ3v) is 5.75. The lowest BCUT2D eigenvalue weighted by Gasteiger charge is -2.48. The summed E-state index contributed by atoms with van der Waals surface area (Å²) in [6.07, 6.45) is 1.28. The van der Waals surface area contributed by atoms with Crippen LogP contribution in [0.5, 0.6) is 0 Å². The van der Waals surface area contributed by atoms with Gasteiger partial charge in [0.2, 0.25) is 0 Å². The summed E-state index contributed by atoms with van der Waals surface area (Å²) in [5.41, 5.74) is 5.46. The first-order valence-corrected chi connectivity index (χ1v) is 8.60. The smallest absolute Gasteiger partial charge is 0.334 e. The SMILES string of the molecule is CC1S[C@@H]2C(NC(=O)C(=O)c3csc(N)n3)C(=O)N2C=C1C(=O)O.Cl. The molecule has 2 aliphatic rings. The number of aliphatic carboxylic acids is 1. The zero-order valence-electron chi connectivity index (χ0n) is 12.7. The molecule has 9 nitrogen and oxygen atoms in total. The number of rotatable bonds is 4. The Bertz CT molecular complexity index is 795. The van der Waals surface area contributed by atoms with E-state index in [1.807, 2.05) is 0 Å². The molecule has 3 atom stereocenters.